The molecular weight excluding hydrogens is 184 g/mol. The Bertz CT molecular complexity index is 331. The molecule has 0 aromatic rings. The van der Waals surface area contributed by atoms with Crippen LogP contribution in [-0.4, -0.2) is 5.78 Å². The fourth-order valence-corrected chi connectivity index (χ4v) is 3.06. The number of carbonyl (C=O) groups excluding carboxylic acids is 1. The predicted octanol–water partition coefficient (Wildman–Crippen LogP) is 3.88. The standard InChI is InChI=1S/C14H22O/c1-13(2)7-5-6-10-8-12(15)14(3,4)9-11(10)13/h5-9H2,1-4H3. The first-order valence-electron chi connectivity index (χ1n) is 6.08. The van der Waals surface area contributed by atoms with Gasteiger partial charge in [0.1, 0.15) is 5.78 Å². The van der Waals surface area contributed by atoms with E-state index < -0.39 is 0 Å². The molecule has 0 bridgehead atoms. The molecule has 0 atom stereocenters. The Balaban J connectivity index is 2.40. The summed E-state index contributed by atoms with van der Waals surface area (Å²) in [5.41, 5.74) is 3.29. The monoisotopic (exact) mass is 206 g/mol. The summed E-state index contributed by atoms with van der Waals surface area (Å²) < 4.78 is 0. The molecule has 0 fully saturated rings. The van der Waals surface area contributed by atoms with Gasteiger partial charge in [-0.15, -0.1) is 0 Å². The molecule has 0 amide bonds. The topological polar surface area (TPSA) is 17.1 Å². The highest BCUT2D eigenvalue weighted by Crippen LogP contribution is 2.49. The third-order valence-electron chi connectivity index (χ3n) is 4.27. The van der Waals surface area contributed by atoms with Crippen LogP contribution < -0.4 is 0 Å². The number of hydrogen-bond acceptors (Lipinski definition) is 1. The summed E-state index contributed by atoms with van der Waals surface area (Å²) >= 11 is 0. The van der Waals surface area contributed by atoms with E-state index in [0.29, 0.717) is 11.2 Å². The quantitative estimate of drug-likeness (QED) is 0.550. The van der Waals surface area contributed by atoms with Crippen LogP contribution in [0.5, 0.6) is 0 Å². The van der Waals surface area contributed by atoms with E-state index in [1.54, 1.807) is 5.57 Å². The SMILES string of the molecule is CC1(C)CC2=C(CCCC2(C)C)CC1=O. The maximum Gasteiger partial charge on any atom is 0.142 e. The lowest BCUT2D eigenvalue weighted by Gasteiger charge is -2.42. The van der Waals surface area contributed by atoms with E-state index in [4.69, 9.17) is 0 Å². The Hall–Kier alpha value is -0.590. The molecule has 0 aromatic heterocycles. The second kappa shape index (κ2) is 3.20. The molecule has 15 heavy (non-hydrogen) atoms. The first-order chi connectivity index (χ1) is 6.83. The molecule has 2 aliphatic carbocycles. The molecule has 2 aliphatic rings. The van der Waals surface area contributed by atoms with Crippen molar-refractivity contribution < 1.29 is 4.79 Å². The van der Waals surface area contributed by atoms with Crippen molar-refractivity contribution in [2.75, 3.05) is 0 Å². The molecule has 0 spiro atoms. The van der Waals surface area contributed by atoms with Gasteiger partial charge in [0.05, 0.1) is 0 Å². The summed E-state index contributed by atoms with van der Waals surface area (Å²) in [4.78, 5) is 11.9. The van der Waals surface area contributed by atoms with Gasteiger partial charge in [0.25, 0.3) is 0 Å². The second-order valence-electron chi connectivity index (χ2n) is 6.48. The lowest BCUT2D eigenvalue weighted by atomic mass is 9.62. The van der Waals surface area contributed by atoms with Crippen molar-refractivity contribution in [3.8, 4) is 0 Å². The average molecular weight is 206 g/mol. The van der Waals surface area contributed by atoms with Gasteiger partial charge in [-0.05, 0) is 31.1 Å². The molecule has 0 radical (unpaired) electrons. The van der Waals surface area contributed by atoms with Gasteiger partial charge >= 0.3 is 0 Å². The number of rotatable bonds is 0. The Morgan fingerprint density at radius 2 is 1.73 bits per heavy atom. The fraction of sp³-hybridized carbons (Fsp3) is 0.786. The van der Waals surface area contributed by atoms with Crippen LogP contribution in [0.2, 0.25) is 0 Å². The van der Waals surface area contributed by atoms with Crippen molar-refractivity contribution in [1.29, 1.82) is 0 Å². The van der Waals surface area contributed by atoms with Crippen LogP contribution in [0.4, 0.5) is 0 Å². The highest BCUT2D eigenvalue weighted by molar-refractivity contribution is 5.88. The summed E-state index contributed by atoms with van der Waals surface area (Å²) in [6.45, 7) is 8.88. The van der Waals surface area contributed by atoms with Crippen molar-refractivity contribution >= 4 is 5.78 Å². The lowest BCUT2D eigenvalue weighted by molar-refractivity contribution is -0.127. The van der Waals surface area contributed by atoms with Crippen molar-refractivity contribution in [2.45, 2.75) is 59.8 Å². The van der Waals surface area contributed by atoms with E-state index in [9.17, 15) is 4.79 Å². The summed E-state index contributed by atoms with van der Waals surface area (Å²) in [7, 11) is 0. The molecule has 2 rings (SSSR count). The minimum absolute atomic E-state index is 0.118. The molecular formula is C14H22O. The van der Waals surface area contributed by atoms with Crippen LogP contribution >= 0.6 is 0 Å². The molecule has 1 nitrogen and oxygen atoms in total. The molecule has 0 aliphatic heterocycles. The van der Waals surface area contributed by atoms with E-state index in [1.165, 1.54) is 24.8 Å². The van der Waals surface area contributed by atoms with Crippen molar-refractivity contribution in [2.24, 2.45) is 10.8 Å². The Morgan fingerprint density at radius 1 is 1.07 bits per heavy atom. The lowest BCUT2D eigenvalue weighted by Crippen LogP contribution is -2.35. The summed E-state index contributed by atoms with van der Waals surface area (Å²) in [6.07, 6.45) is 5.44. The van der Waals surface area contributed by atoms with Crippen LogP contribution in [0.3, 0.4) is 0 Å². The molecule has 84 valence electrons. The Kier molecular flexibility index (Phi) is 2.33. The van der Waals surface area contributed by atoms with Gasteiger partial charge < -0.3 is 0 Å². The van der Waals surface area contributed by atoms with E-state index in [2.05, 4.69) is 27.7 Å². The molecule has 0 aromatic carbocycles. The number of carbonyl (C=O) groups is 1. The molecule has 0 N–H and O–H groups in total. The molecule has 1 heteroatoms. The first-order valence-corrected chi connectivity index (χ1v) is 6.08. The minimum atomic E-state index is -0.118. The number of Topliss-reactive ketones (excluding diaryl/α,β-unsaturated/α-hetero) is 1. The van der Waals surface area contributed by atoms with Crippen molar-refractivity contribution in [3.63, 3.8) is 0 Å². The van der Waals surface area contributed by atoms with Crippen LogP contribution in [0.1, 0.15) is 59.8 Å². The first kappa shape index (κ1) is 10.9. The maximum atomic E-state index is 11.9. The summed E-state index contributed by atoms with van der Waals surface area (Å²) in [5.74, 6) is 0.443. The van der Waals surface area contributed by atoms with Gasteiger partial charge in [-0.1, -0.05) is 38.8 Å². The van der Waals surface area contributed by atoms with Crippen LogP contribution in [0, 0.1) is 10.8 Å². The highest BCUT2D eigenvalue weighted by Gasteiger charge is 2.40. The van der Waals surface area contributed by atoms with Gasteiger partial charge in [0.15, 0.2) is 0 Å². The number of ketones is 1. The minimum Gasteiger partial charge on any atom is -0.299 e. The van der Waals surface area contributed by atoms with Gasteiger partial charge in [-0.2, -0.15) is 0 Å². The zero-order valence-electron chi connectivity index (χ0n) is 10.4. The third kappa shape index (κ3) is 1.77. The molecule has 0 heterocycles. The highest BCUT2D eigenvalue weighted by atomic mass is 16.1. The maximum absolute atomic E-state index is 11.9. The molecule has 0 unspecified atom stereocenters. The fourth-order valence-electron chi connectivity index (χ4n) is 3.06. The Morgan fingerprint density at radius 3 is 2.40 bits per heavy atom. The summed E-state index contributed by atoms with van der Waals surface area (Å²) in [6, 6.07) is 0. The van der Waals surface area contributed by atoms with E-state index in [1.807, 2.05) is 0 Å². The number of allylic oxidation sites excluding steroid dienone is 2. The van der Waals surface area contributed by atoms with Crippen LogP contribution in [-0.2, 0) is 4.79 Å². The van der Waals surface area contributed by atoms with Gasteiger partial charge in [-0.25, -0.2) is 0 Å². The van der Waals surface area contributed by atoms with Gasteiger partial charge in [0.2, 0.25) is 0 Å². The van der Waals surface area contributed by atoms with E-state index in [-0.39, 0.29) is 5.41 Å². The molecule has 0 saturated heterocycles. The smallest absolute Gasteiger partial charge is 0.142 e. The van der Waals surface area contributed by atoms with Crippen molar-refractivity contribution in [3.05, 3.63) is 11.1 Å². The van der Waals surface area contributed by atoms with Crippen LogP contribution in [0.25, 0.3) is 0 Å². The van der Waals surface area contributed by atoms with E-state index >= 15 is 0 Å². The Labute approximate surface area is 92.9 Å². The van der Waals surface area contributed by atoms with Gasteiger partial charge in [-0.3, -0.25) is 4.79 Å². The van der Waals surface area contributed by atoms with Gasteiger partial charge in [0, 0.05) is 11.8 Å². The zero-order valence-corrected chi connectivity index (χ0v) is 10.4. The number of hydrogen-bond donors (Lipinski definition) is 0. The second-order valence-corrected chi connectivity index (χ2v) is 6.48. The van der Waals surface area contributed by atoms with Crippen molar-refractivity contribution in [1.82, 2.24) is 0 Å². The average Bonchev–Trinajstić information content (AvgIpc) is 2.08. The summed E-state index contributed by atoms with van der Waals surface area (Å²) in [5, 5.41) is 0. The molecule has 0 saturated carbocycles. The third-order valence-corrected chi connectivity index (χ3v) is 4.27. The van der Waals surface area contributed by atoms with E-state index in [0.717, 1.165) is 12.8 Å². The normalized spacial score (nSPS) is 28.9. The van der Waals surface area contributed by atoms with Crippen LogP contribution in [0.15, 0.2) is 11.1 Å². The largest absolute Gasteiger partial charge is 0.299 e. The predicted molar refractivity (Wildman–Crippen MR) is 62.7 cm³/mol. The zero-order chi connectivity index (χ0) is 11.3.